The van der Waals surface area contributed by atoms with E-state index in [4.69, 9.17) is 11.6 Å². The van der Waals surface area contributed by atoms with Crippen LogP contribution in [0.1, 0.15) is 31.4 Å². The van der Waals surface area contributed by atoms with E-state index in [1.807, 2.05) is 17.8 Å². The Kier molecular flexibility index (Phi) is 4.08. The predicted molar refractivity (Wildman–Crippen MR) is 83.2 cm³/mol. The minimum Gasteiger partial charge on any atom is -0.306 e. The van der Waals surface area contributed by atoms with Gasteiger partial charge in [0, 0.05) is 34.6 Å². The predicted octanol–water partition coefficient (Wildman–Crippen LogP) is 3.56. The first-order valence-electron chi connectivity index (χ1n) is 7.02. The highest BCUT2D eigenvalue weighted by Gasteiger charge is 2.29. The second kappa shape index (κ2) is 5.65. The van der Waals surface area contributed by atoms with E-state index < -0.39 is 0 Å². The Morgan fingerprint density at radius 3 is 3.00 bits per heavy atom. The van der Waals surface area contributed by atoms with Gasteiger partial charge in [-0.3, -0.25) is 0 Å². The fourth-order valence-corrected chi connectivity index (χ4v) is 4.42. The zero-order chi connectivity index (χ0) is 13.4. The largest absolute Gasteiger partial charge is 0.306 e. The van der Waals surface area contributed by atoms with Crippen LogP contribution in [0.25, 0.3) is 0 Å². The van der Waals surface area contributed by atoms with Gasteiger partial charge in [-0.2, -0.15) is 0 Å². The van der Waals surface area contributed by atoms with Crippen LogP contribution in [0.5, 0.6) is 0 Å². The topological polar surface area (TPSA) is 15.3 Å². The summed E-state index contributed by atoms with van der Waals surface area (Å²) in [5.41, 5.74) is 1.39. The molecule has 3 atom stereocenters. The number of hydrogen-bond acceptors (Lipinski definition) is 3. The third kappa shape index (κ3) is 2.94. The van der Waals surface area contributed by atoms with Crippen LogP contribution in [0.3, 0.4) is 0 Å². The maximum atomic E-state index is 6.16. The van der Waals surface area contributed by atoms with Crippen LogP contribution in [-0.4, -0.2) is 36.3 Å². The Morgan fingerprint density at radius 2 is 2.26 bits per heavy atom. The van der Waals surface area contributed by atoms with E-state index in [9.17, 15) is 0 Å². The number of thioether (sulfide) groups is 1. The van der Waals surface area contributed by atoms with Crippen molar-refractivity contribution in [1.29, 1.82) is 0 Å². The molecule has 2 nitrogen and oxygen atoms in total. The van der Waals surface area contributed by atoms with E-state index in [1.165, 1.54) is 29.1 Å². The lowest BCUT2D eigenvalue weighted by Crippen LogP contribution is -2.36. The first kappa shape index (κ1) is 13.7. The van der Waals surface area contributed by atoms with E-state index >= 15 is 0 Å². The second-order valence-electron chi connectivity index (χ2n) is 5.76. The van der Waals surface area contributed by atoms with E-state index in [-0.39, 0.29) is 0 Å². The smallest absolute Gasteiger partial charge is 0.0410 e. The first-order chi connectivity index (χ1) is 9.13. The zero-order valence-electron chi connectivity index (χ0n) is 11.5. The van der Waals surface area contributed by atoms with Gasteiger partial charge in [0.25, 0.3) is 0 Å². The Hall–Kier alpha value is -0.220. The van der Waals surface area contributed by atoms with Crippen LogP contribution in [-0.2, 0) is 0 Å². The molecule has 4 heteroatoms. The van der Waals surface area contributed by atoms with Crippen molar-refractivity contribution in [2.24, 2.45) is 0 Å². The van der Waals surface area contributed by atoms with Crippen molar-refractivity contribution in [3.8, 4) is 0 Å². The lowest BCUT2D eigenvalue weighted by molar-refractivity contribution is 0.323. The number of halogens is 1. The highest BCUT2D eigenvalue weighted by atomic mass is 35.5. The molecule has 0 aromatic heterocycles. The summed E-state index contributed by atoms with van der Waals surface area (Å²) >= 11 is 8.11. The Bertz CT molecular complexity index is 455. The molecule has 2 heterocycles. The van der Waals surface area contributed by atoms with E-state index in [1.54, 1.807) is 0 Å². The molecule has 2 aliphatic rings. The quantitative estimate of drug-likeness (QED) is 0.898. The number of nitrogens with zero attached hydrogens (tertiary/aromatic N) is 1. The molecule has 19 heavy (non-hydrogen) atoms. The van der Waals surface area contributed by atoms with Gasteiger partial charge < -0.3 is 10.2 Å². The van der Waals surface area contributed by atoms with Gasteiger partial charge in [-0.05, 0) is 56.3 Å². The number of rotatable bonds is 2. The normalized spacial score (nSPS) is 31.4. The lowest BCUT2D eigenvalue weighted by Gasteiger charge is -2.29. The Balaban J connectivity index is 1.75. The molecule has 1 N–H and O–H groups in total. The molecular formula is C15H21ClN2S. The minimum atomic E-state index is 0.471. The first-order valence-corrected chi connectivity index (χ1v) is 8.38. The number of likely N-dealkylation sites (tertiary alicyclic amines) is 1. The van der Waals surface area contributed by atoms with Crippen molar-refractivity contribution in [2.45, 2.75) is 42.8 Å². The highest BCUT2D eigenvalue weighted by Crippen LogP contribution is 2.38. The van der Waals surface area contributed by atoms with Gasteiger partial charge in [0.1, 0.15) is 0 Å². The molecule has 1 aromatic rings. The maximum Gasteiger partial charge on any atom is 0.0410 e. The van der Waals surface area contributed by atoms with Gasteiger partial charge in [-0.15, -0.1) is 11.8 Å². The summed E-state index contributed by atoms with van der Waals surface area (Å²) in [6, 6.07) is 8.08. The number of fused-ring (bicyclic) bond motifs is 1. The van der Waals surface area contributed by atoms with Crippen molar-refractivity contribution in [3.05, 3.63) is 28.8 Å². The molecule has 1 saturated heterocycles. The molecule has 2 aliphatic heterocycles. The van der Waals surface area contributed by atoms with Crippen molar-refractivity contribution in [2.75, 3.05) is 19.3 Å². The van der Waals surface area contributed by atoms with E-state index in [0.717, 1.165) is 11.6 Å². The van der Waals surface area contributed by atoms with E-state index in [2.05, 4.69) is 36.3 Å². The van der Waals surface area contributed by atoms with Crippen LogP contribution in [0.2, 0.25) is 5.02 Å². The summed E-state index contributed by atoms with van der Waals surface area (Å²) in [4.78, 5) is 3.83. The van der Waals surface area contributed by atoms with Gasteiger partial charge in [0.15, 0.2) is 0 Å². The SMILES string of the molecule is CC1CC(NC2CCSc3ccc(Cl)cc32)CN1C. The fraction of sp³-hybridized carbons (Fsp3) is 0.600. The molecule has 0 amide bonds. The van der Waals surface area contributed by atoms with Crippen molar-refractivity contribution < 1.29 is 0 Å². The monoisotopic (exact) mass is 296 g/mol. The molecule has 3 rings (SSSR count). The summed E-state index contributed by atoms with van der Waals surface area (Å²) in [5, 5.41) is 4.70. The molecule has 1 fully saturated rings. The lowest BCUT2D eigenvalue weighted by atomic mass is 10.0. The summed E-state index contributed by atoms with van der Waals surface area (Å²) in [6.45, 7) is 3.46. The van der Waals surface area contributed by atoms with Crippen molar-refractivity contribution >= 4 is 23.4 Å². The van der Waals surface area contributed by atoms with Gasteiger partial charge in [0.05, 0.1) is 0 Å². The van der Waals surface area contributed by atoms with Gasteiger partial charge >= 0.3 is 0 Å². The molecule has 3 unspecified atom stereocenters. The Morgan fingerprint density at radius 1 is 1.42 bits per heavy atom. The standard InChI is InChI=1S/C15H21ClN2S/c1-10-7-12(9-18(10)2)17-14-5-6-19-15-4-3-11(16)8-13(14)15/h3-4,8,10,12,14,17H,5-7,9H2,1-2H3. The molecule has 1 aromatic carbocycles. The number of hydrogen-bond donors (Lipinski definition) is 1. The zero-order valence-corrected chi connectivity index (χ0v) is 13.1. The highest BCUT2D eigenvalue weighted by molar-refractivity contribution is 7.99. The third-order valence-corrected chi connectivity index (χ3v) is 5.69. The molecule has 104 valence electrons. The summed E-state index contributed by atoms with van der Waals surface area (Å²) in [6.07, 6.45) is 2.45. The fourth-order valence-electron chi connectivity index (χ4n) is 3.14. The van der Waals surface area contributed by atoms with Crippen molar-refractivity contribution in [1.82, 2.24) is 10.2 Å². The number of benzene rings is 1. The van der Waals surface area contributed by atoms with Crippen LogP contribution < -0.4 is 5.32 Å². The third-order valence-electron chi connectivity index (χ3n) is 4.33. The molecule has 0 bridgehead atoms. The van der Waals surface area contributed by atoms with Gasteiger partial charge in [0.2, 0.25) is 0 Å². The van der Waals surface area contributed by atoms with Crippen LogP contribution >= 0.6 is 23.4 Å². The average molecular weight is 297 g/mol. The van der Waals surface area contributed by atoms with Gasteiger partial charge in [-0.25, -0.2) is 0 Å². The van der Waals surface area contributed by atoms with E-state index in [0.29, 0.717) is 18.1 Å². The maximum absolute atomic E-state index is 6.16. The molecule has 0 aliphatic carbocycles. The van der Waals surface area contributed by atoms with Crippen LogP contribution in [0, 0.1) is 0 Å². The average Bonchev–Trinajstić information content (AvgIpc) is 2.69. The summed E-state index contributed by atoms with van der Waals surface area (Å²) < 4.78 is 0. The number of likely N-dealkylation sites (N-methyl/N-ethyl adjacent to an activating group) is 1. The summed E-state index contributed by atoms with van der Waals surface area (Å²) in [5.74, 6) is 1.20. The number of nitrogens with one attached hydrogen (secondary N) is 1. The van der Waals surface area contributed by atoms with Crippen LogP contribution in [0.15, 0.2) is 23.1 Å². The second-order valence-corrected chi connectivity index (χ2v) is 7.33. The molecule has 0 radical (unpaired) electrons. The van der Waals surface area contributed by atoms with Crippen molar-refractivity contribution in [3.63, 3.8) is 0 Å². The van der Waals surface area contributed by atoms with Gasteiger partial charge in [-0.1, -0.05) is 11.6 Å². The Labute approximate surface area is 124 Å². The molecule has 0 saturated carbocycles. The molecular weight excluding hydrogens is 276 g/mol. The summed E-state index contributed by atoms with van der Waals surface area (Å²) in [7, 11) is 2.22. The minimum absolute atomic E-state index is 0.471. The van der Waals surface area contributed by atoms with Crippen LogP contribution in [0.4, 0.5) is 0 Å². The molecule has 0 spiro atoms.